The van der Waals surface area contributed by atoms with E-state index in [0.717, 1.165) is 22.4 Å². The van der Waals surface area contributed by atoms with Crippen LogP contribution < -0.4 is 0 Å². The molecule has 4 heteroatoms. The van der Waals surface area contributed by atoms with Crippen LogP contribution in [-0.2, 0) is 25.8 Å². The van der Waals surface area contributed by atoms with Gasteiger partial charge in [0.2, 0.25) is 0 Å². The minimum atomic E-state index is 0. The number of halogens is 2. The van der Waals surface area contributed by atoms with Gasteiger partial charge >= 0.3 is 0 Å². The van der Waals surface area contributed by atoms with Crippen LogP contribution in [-0.4, -0.2) is 9.52 Å². The summed E-state index contributed by atoms with van der Waals surface area (Å²) in [5, 5.41) is 0. The van der Waals surface area contributed by atoms with Crippen LogP contribution in [0.1, 0.15) is 82.1 Å². The van der Waals surface area contributed by atoms with Crippen LogP contribution in [0, 0.1) is 23.0 Å². The molecule has 0 heterocycles. The van der Waals surface area contributed by atoms with Crippen LogP contribution in [0.3, 0.4) is 0 Å². The molecule has 28 heavy (non-hydrogen) atoms. The van der Waals surface area contributed by atoms with E-state index in [-0.39, 0.29) is 50.7 Å². The first-order chi connectivity index (χ1) is 11.4. The quantitative estimate of drug-likeness (QED) is 0.218. The van der Waals surface area contributed by atoms with Crippen LogP contribution in [0.15, 0.2) is 34.4 Å². The Hall–Kier alpha value is 0.627. The van der Waals surface area contributed by atoms with Crippen molar-refractivity contribution in [2.24, 2.45) is 10.8 Å². The fourth-order valence-electron chi connectivity index (χ4n) is 2.45. The summed E-state index contributed by atoms with van der Waals surface area (Å²) in [5.41, 5.74) is 6.28. The van der Waals surface area contributed by atoms with Gasteiger partial charge < -0.3 is 0 Å². The van der Waals surface area contributed by atoms with E-state index in [9.17, 15) is 0 Å². The Kier molecular flexibility index (Phi) is 22.3. The maximum atomic E-state index is 3.30. The third-order valence-corrected chi connectivity index (χ3v) is 5.56. The molecule has 163 valence electrons. The molecule has 0 saturated heterocycles. The zero-order chi connectivity index (χ0) is 19.7. The third-order valence-electron chi connectivity index (χ3n) is 4.40. The van der Waals surface area contributed by atoms with Gasteiger partial charge in [0.1, 0.15) is 0 Å². The summed E-state index contributed by atoms with van der Waals surface area (Å²) in [6, 6.07) is 2.85. The van der Waals surface area contributed by atoms with Gasteiger partial charge in [-0.2, -0.15) is 11.1 Å². The molecule has 0 bridgehead atoms. The Morgan fingerprint density at radius 2 is 1.04 bits per heavy atom. The fourth-order valence-corrected chi connectivity index (χ4v) is 3.03. The van der Waals surface area contributed by atoms with E-state index in [2.05, 4.69) is 93.5 Å². The molecule has 0 aromatic rings. The molecule has 0 aromatic heterocycles. The largest absolute Gasteiger partial charge is 0.269 e. The molecule has 1 radical (unpaired) electrons. The second kappa shape index (κ2) is 17.3. The monoisotopic (exact) mass is 609 g/mol. The number of hydrogen-bond donors (Lipinski definition) is 0. The topological polar surface area (TPSA) is 0 Å². The summed E-state index contributed by atoms with van der Waals surface area (Å²) in [5.74, 6) is 0. The normalized spacial score (nSPS) is 14.9. The van der Waals surface area contributed by atoms with Crippen molar-refractivity contribution in [1.29, 1.82) is 0 Å². The number of allylic oxidation sites excluding steroid dienone is 8. The van der Waals surface area contributed by atoms with Gasteiger partial charge in [0.05, 0.1) is 0 Å². The van der Waals surface area contributed by atoms with E-state index in [0.29, 0.717) is 10.8 Å². The predicted molar refractivity (Wildman–Crippen MR) is 132 cm³/mol. The van der Waals surface area contributed by atoms with E-state index >= 15 is 0 Å². The minimum Gasteiger partial charge on any atom is -0.269 e. The summed E-state index contributed by atoms with van der Waals surface area (Å²) in [7, 11) is 0.815. The molecule has 0 N–H and O–H groups in total. The standard InChI is InChI=1S/2C10H15.C4H11Si.2ClH.Hf/c2*1-8-5-6-9(7-8)10(2,3)4;1-3-5-4-2;;;/h2*7H,6H2,1-4H3;5H,3-4H2,1-2H3;2*1H;/q2*-1;;;;. The second-order valence-corrected chi connectivity index (χ2v) is 11.2. The van der Waals surface area contributed by atoms with Crippen molar-refractivity contribution in [3.05, 3.63) is 46.6 Å². The third kappa shape index (κ3) is 16.4. The summed E-state index contributed by atoms with van der Waals surface area (Å²) in [6.07, 6.45) is 13.2. The van der Waals surface area contributed by atoms with Crippen LogP contribution in [0.2, 0.25) is 12.1 Å². The molecule has 0 aromatic carbocycles. The van der Waals surface area contributed by atoms with Gasteiger partial charge in [-0.05, 0) is 10.8 Å². The van der Waals surface area contributed by atoms with E-state index in [1.54, 1.807) is 0 Å². The second-order valence-electron chi connectivity index (χ2n) is 9.02. The summed E-state index contributed by atoms with van der Waals surface area (Å²) in [6.45, 7) is 22.2. The smallest absolute Gasteiger partial charge is 0.0274 e. The molecule has 0 saturated carbocycles. The molecule has 2 aliphatic carbocycles. The van der Waals surface area contributed by atoms with Gasteiger partial charge in [0.25, 0.3) is 0 Å². The fraction of sp³-hybridized carbons (Fsp3) is 0.667. The van der Waals surface area contributed by atoms with Crippen molar-refractivity contribution in [2.45, 2.75) is 94.2 Å². The maximum Gasteiger partial charge on any atom is 0.0274 e. The van der Waals surface area contributed by atoms with Crippen LogP contribution in [0.4, 0.5) is 0 Å². The van der Waals surface area contributed by atoms with E-state index < -0.39 is 0 Å². The maximum absolute atomic E-state index is 3.30. The molecule has 0 atom stereocenters. The molecular formula is C24H43Cl2HfSi-2. The van der Waals surface area contributed by atoms with Crippen molar-refractivity contribution in [1.82, 2.24) is 0 Å². The van der Waals surface area contributed by atoms with Gasteiger partial charge in [-0.1, -0.05) is 81.3 Å². The van der Waals surface area contributed by atoms with Crippen LogP contribution in [0.5, 0.6) is 0 Å². The summed E-state index contributed by atoms with van der Waals surface area (Å²) in [4.78, 5) is 0. The zero-order valence-electron chi connectivity index (χ0n) is 19.9. The van der Waals surface area contributed by atoms with Gasteiger partial charge in [0.15, 0.2) is 0 Å². The average molecular weight is 609 g/mol. The van der Waals surface area contributed by atoms with E-state index in [1.165, 1.54) is 34.4 Å². The zero-order valence-corrected chi connectivity index (χ0v) is 26.3. The van der Waals surface area contributed by atoms with Crippen molar-refractivity contribution >= 4 is 34.3 Å². The van der Waals surface area contributed by atoms with Crippen molar-refractivity contribution in [3.8, 4) is 0 Å². The Morgan fingerprint density at radius 3 is 1.11 bits per heavy atom. The molecule has 0 amide bonds. The van der Waals surface area contributed by atoms with Crippen molar-refractivity contribution in [2.75, 3.05) is 0 Å². The molecule has 0 aliphatic heterocycles. The first-order valence-corrected chi connectivity index (χ1v) is 11.4. The Bertz CT molecular complexity index is 482. The first kappa shape index (κ1) is 36.0. The Labute approximate surface area is 210 Å². The molecule has 0 unspecified atom stereocenters. The molecule has 2 rings (SSSR count). The minimum absolute atomic E-state index is 0. The molecule has 2 aliphatic rings. The molecule has 0 spiro atoms. The Balaban J connectivity index is -0.000000154. The van der Waals surface area contributed by atoms with Crippen molar-refractivity contribution in [3.63, 3.8) is 0 Å². The van der Waals surface area contributed by atoms with Crippen molar-refractivity contribution < 1.29 is 25.8 Å². The van der Waals surface area contributed by atoms with Gasteiger partial charge in [-0.25, -0.2) is 23.3 Å². The molecule has 0 fully saturated rings. The SMILES string of the molecule is CC1=[C-]CC(C(C)(C)C)=C1.CC1=[C-]CC(C(C)(C)C)=C1.CC[SiH]CC.Cl.Cl.[Hf]. The number of rotatable bonds is 2. The van der Waals surface area contributed by atoms with Gasteiger partial charge in [-0.15, -0.1) is 37.7 Å². The Morgan fingerprint density at radius 1 is 0.750 bits per heavy atom. The molecular weight excluding hydrogens is 566 g/mol. The predicted octanol–water partition coefficient (Wildman–Crippen LogP) is 8.36. The van der Waals surface area contributed by atoms with Crippen LogP contribution >= 0.6 is 24.8 Å². The summed E-state index contributed by atoms with van der Waals surface area (Å²) >= 11 is 0. The first-order valence-electron chi connectivity index (χ1n) is 9.80. The average Bonchev–Trinajstić information content (AvgIpc) is 3.09. The number of hydrogen-bond acceptors (Lipinski definition) is 0. The molecule has 0 nitrogen and oxygen atoms in total. The van der Waals surface area contributed by atoms with Gasteiger partial charge in [-0.3, -0.25) is 12.2 Å². The summed E-state index contributed by atoms with van der Waals surface area (Å²) < 4.78 is 0. The van der Waals surface area contributed by atoms with Gasteiger partial charge in [0, 0.05) is 35.4 Å². The van der Waals surface area contributed by atoms with E-state index in [1.807, 2.05) is 0 Å². The van der Waals surface area contributed by atoms with E-state index in [4.69, 9.17) is 0 Å². The van der Waals surface area contributed by atoms with Crippen LogP contribution in [0.25, 0.3) is 0 Å².